The number of aromatic amines is 1. The van der Waals surface area contributed by atoms with E-state index in [9.17, 15) is 0 Å². The smallest absolute Gasteiger partial charge is 0.176 e. The molecule has 0 aromatic carbocycles. The van der Waals surface area contributed by atoms with Crippen molar-refractivity contribution in [2.45, 2.75) is 6.54 Å². The highest BCUT2D eigenvalue weighted by atomic mass is 15.2. The van der Waals surface area contributed by atoms with E-state index in [0.29, 0.717) is 0 Å². The van der Waals surface area contributed by atoms with Crippen LogP contribution >= 0.6 is 0 Å². The van der Waals surface area contributed by atoms with Crippen molar-refractivity contribution < 1.29 is 0 Å². The second kappa shape index (κ2) is 4.34. The van der Waals surface area contributed by atoms with Gasteiger partial charge in [-0.05, 0) is 17.7 Å². The van der Waals surface area contributed by atoms with Gasteiger partial charge in [-0.3, -0.25) is 0 Å². The molecule has 20 heavy (non-hydrogen) atoms. The molecule has 1 N–H and O–H groups in total. The maximum atomic E-state index is 4.37. The minimum absolute atomic E-state index is 0.728. The molecule has 4 aromatic heterocycles. The Morgan fingerprint density at radius 1 is 1.05 bits per heavy atom. The van der Waals surface area contributed by atoms with Crippen LogP contribution in [0.1, 0.15) is 5.56 Å². The summed E-state index contributed by atoms with van der Waals surface area (Å²) >= 11 is 0. The van der Waals surface area contributed by atoms with Crippen LogP contribution in [0.15, 0.2) is 55.4 Å². The van der Waals surface area contributed by atoms with Gasteiger partial charge in [0.2, 0.25) is 0 Å². The zero-order valence-corrected chi connectivity index (χ0v) is 10.6. The molecule has 0 aliphatic carbocycles. The van der Waals surface area contributed by atoms with Crippen LogP contribution in [-0.2, 0) is 6.54 Å². The number of hydrogen-bond donors (Lipinski definition) is 1. The quantitative estimate of drug-likeness (QED) is 0.615. The third kappa shape index (κ3) is 1.70. The van der Waals surface area contributed by atoms with Gasteiger partial charge >= 0.3 is 0 Å². The molecule has 6 heteroatoms. The molecule has 4 aromatic rings. The van der Waals surface area contributed by atoms with E-state index in [-0.39, 0.29) is 0 Å². The van der Waals surface area contributed by atoms with Gasteiger partial charge in [0.1, 0.15) is 0 Å². The molecule has 4 heterocycles. The number of H-pyrrole nitrogens is 1. The summed E-state index contributed by atoms with van der Waals surface area (Å²) in [6.07, 6.45) is 11.0. The van der Waals surface area contributed by atoms with E-state index < -0.39 is 0 Å². The van der Waals surface area contributed by atoms with Gasteiger partial charge in [-0.1, -0.05) is 6.07 Å². The number of hydrogen-bond acceptors (Lipinski definition) is 3. The molecule has 98 valence electrons. The van der Waals surface area contributed by atoms with Crippen LogP contribution in [0.5, 0.6) is 0 Å². The van der Waals surface area contributed by atoms with E-state index >= 15 is 0 Å². The zero-order valence-electron chi connectivity index (χ0n) is 10.6. The summed E-state index contributed by atoms with van der Waals surface area (Å²) in [4.78, 5) is 11.7. The summed E-state index contributed by atoms with van der Waals surface area (Å²) in [7, 11) is 0. The summed E-state index contributed by atoms with van der Waals surface area (Å²) in [6, 6.07) is 6.11. The number of nitrogens with one attached hydrogen (secondary N) is 1. The van der Waals surface area contributed by atoms with Crippen LogP contribution in [-0.4, -0.2) is 29.1 Å². The van der Waals surface area contributed by atoms with E-state index in [1.165, 1.54) is 5.56 Å². The highest BCUT2D eigenvalue weighted by Crippen LogP contribution is 2.17. The molecular formula is C14H12N6. The lowest BCUT2D eigenvalue weighted by molar-refractivity contribution is 0.798. The van der Waals surface area contributed by atoms with Crippen molar-refractivity contribution in [2.75, 3.05) is 0 Å². The third-order valence-corrected chi connectivity index (χ3v) is 3.29. The van der Waals surface area contributed by atoms with Crippen LogP contribution in [0, 0.1) is 0 Å². The average molecular weight is 264 g/mol. The van der Waals surface area contributed by atoms with E-state index in [1.54, 1.807) is 24.8 Å². The average Bonchev–Trinajstić information content (AvgIpc) is 3.20. The Kier molecular flexibility index (Phi) is 2.38. The Labute approximate surface area is 114 Å². The summed E-state index contributed by atoms with van der Waals surface area (Å²) in [6.45, 7) is 0.728. The van der Waals surface area contributed by atoms with Gasteiger partial charge in [-0.25, -0.2) is 14.5 Å². The van der Waals surface area contributed by atoms with Crippen LogP contribution < -0.4 is 0 Å². The predicted octanol–water partition coefficient (Wildman–Crippen LogP) is 1.97. The van der Waals surface area contributed by atoms with E-state index in [1.807, 2.05) is 29.0 Å². The molecule has 0 unspecified atom stereocenters. The molecule has 0 radical (unpaired) electrons. The van der Waals surface area contributed by atoms with Crippen molar-refractivity contribution in [1.29, 1.82) is 0 Å². The first-order chi connectivity index (χ1) is 9.92. The van der Waals surface area contributed by atoms with Crippen LogP contribution in [0.4, 0.5) is 0 Å². The molecule has 4 rings (SSSR count). The lowest BCUT2D eigenvalue weighted by atomic mass is 10.2. The summed E-state index contributed by atoms with van der Waals surface area (Å²) in [5.74, 6) is 1.60. The first-order valence-electron chi connectivity index (χ1n) is 6.34. The lowest BCUT2D eigenvalue weighted by Crippen LogP contribution is -2.03. The Bertz CT molecular complexity index is 839. The highest BCUT2D eigenvalue weighted by molar-refractivity contribution is 5.54. The molecule has 0 saturated heterocycles. The zero-order chi connectivity index (χ0) is 13.4. The van der Waals surface area contributed by atoms with Crippen molar-refractivity contribution in [2.24, 2.45) is 0 Å². The second-order valence-corrected chi connectivity index (χ2v) is 4.51. The Balaban J connectivity index is 1.77. The Morgan fingerprint density at radius 2 is 2.05 bits per heavy atom. The van der Waals surface area contributed by atoms with E-state index in [0.717, 1.165) is 23.7 Å². The van der Waals surface area contributed by atoms with E-state index in [2.05, 4.69) is 30.7 Å². The monoisotopic (exact) mass is 264 g/mol. The summed E-state index contributed by atoms with van der Waals surface area (Å²) in [5, 5.41) is 4.25. The maximum absolute atomic E-state index is 4.37. The van der Waals surface area contributed by atoms with Gasteiger partial charge in [0.25, 0.3) is 0 Å². The highest BCUT2D eigenvalue weighted by Gasteiger charge is 2.10. The van der Waals surface area contributed by atoms with Crippen LogP contribution in [0.2, 0.25) is 0 Å². The maximum Gasteiger partial charge on any atom is 0.176 e. The number of fused-ring (bicyclic) bond motifs is 1. The lowest BCUT2D eigenvalue weighted by Gasteiger charge is -2.07. The Hall–Kier alpha value is -2.89. The molecule has 0 aliphatic heterocycles. The molecule has 0 fully saturated rings. The number of rotatable bonds is 3. The molecule has 0 saturated carbocycles. The second-order valence-electron chi connectivity index (χ2n) is 4.51. The molecule has 0 aliphatic rings. The third-order valence-electron chi connectivity index (χ3n) is 3.29. The first kappa shape index (κ1) is 11.0. The SMILES string of the molecule is c1cc(Cn2ccnc2-c2ncc[nH]2)c2ccnn2c1. The normalized spacial score (nSPS) is 11.2. The van der Waals surface area contributed by atoms with Gasteiger partial charge in [0.05, 0.1) is 12.1 Å². The minimum atomic E-state index is 0.728. The fourth-order valence-electron chi connectivity index (χ4n) is 2.37. The van der Waals surface area contributed by atoms with Crippen molar-refractivity contribution in [3.05, 3.63) is 60.9 Å². The topological polar surface area (TPSA) is 63.8 Å². The molecule has 0 bridgehead atoms. The number of nitrogens with zero attached hydrogens (tertiary/aromatic N) is 5. The number of aromatic nitrogens is 6. The fourth-order valence-corrected chi connectivity index (χ4v) is 2.37. The van der Waals surface area contributed by atoms with Gasteiger partial charge < -0.3 is 9.55 Å². The van der Waals surface area contributed by atoms with Gasteiger partial charge in [0, 0.05) is 37.2 Å². The standard InChI is InChI=1S/C14H12N6/c1-2-11(12-3-4-18-20(12)8-1)10-19-9-7-17-14(19)13-15-5-6-16-13/h1-9H,10H2,(H,15,16). The Morgan fingerprint density at radius 3 is 2.95 bits per heavy atom. The molecular weight excluding hydrogens is 252 g/mol. The van der Waals surface area contributed by atoms with Gasteiger partial charge in [-0.15, -0.1) is 0 Å². The van der Waals surface area contributed by atoms with Gasteiger partial charge in [-0.2, -0.15) is 5.10 Å². The number of pyridine rings is 1. The van der Waals surface area contributed by atoms with Crippen LogP contribution in [0.3, 0.4) is 0 Å². The first-order valence-corrected chi connectivity index (χ1v) is 6.34. The summed E-state index contributed by atoms with van der Waals surface area (Å²) < 4.78 is 3.94. The molecule has 0 atom stereocenters. The van der Waals surface area contributed by atoms with Crippen molar-refractivity contribution in [1.82, 2.24) is 29.1 Å². The minimum Gasteiger partial charge on any atom is -0.342 e. The largest absolute Gasteiger partial charge is 0.342 e. The van der Waals surface area contributed by atoms with Crippen molar-refractivity contribution >= 4 is 5.52 Å². The van der Waals surface area contributed by atoms with Gasteiger partial charge in [0.15, 0.2) is 11.6 Å². The van der Waals surface area contributed by atoms with E-state index in [4.69, 9.17) is 0 Å². The fraction of sp³-hybridized carbons (Fsp3) is 0.0714. The van der Waals surface area contributed by atoms with Crippen LogP contribution in [0.25, 0.3) is 17.2 Å². The van der Waals surface area contributed by atoms with Crippen molar-refractivity contribution in [3.63, 3.8) is 0 Å². The molecule has 6 nitrogen and oxygen atoms in total. The van der Waals surface area contributed by atoms with Crippen molar-refractivity contribution in [3.8, 4) is 11.6 Å². The summed E-state index contributed by atoms with van der Waals surface area (Å²) in [5.41, 5.74) is 2.29. The molecule has 0 spiro atoms. The molecule has 0 amide bonds. The number of imidazole rings is 2. The predicted molar refractivity (Wildman–Crippen MR) is 74.1 cm³/mol.